The van der Waals surface area contributed by atoms with Gasteiger partial charge in [0.05, 0.1) is 18.4 Å². The molecule has 0 aliphatic heterocycles. The van der Waals surface area contributed by atoms with Crippen molar-refractivity contribution in [2.24, 2.45) is 11.8 Å². The lowest BCUT2D eigenvalue weighted by atomic mass is 10.3. The van der Waals surface area contributed by atoms with Crippen LogP contribution in [0.1, 0.15) is 6.42 Å². The van der Waals surface area contributed by atoms with E-state index in [4.69, 9.17) is 4.74 Å². The Labute approximate surface area is 108 Å². The number of likely N-dealkylation sites (N-methyl/N-ethyl adjacent to an activating group) is 1. The number of carbonyl (C=O) groups excluding carboxylic acids is 2. The van der Waals surface area contributed by atoms with Crippen molar-refractivity contribution >= 4 is 11.8 Å². The number of hydrogen-bond acceptors (Lipinski definition) is 4. The predicted molar refractivity (Wildman–Crippen MR) is 68.0 cm³/mol. The van der Waals surface area contributed by atoms with Gasteiger partial charge >= 0.3 is 0 Å². The third-order valence-corrected chi connectivity index (χ3v) is 2.93. The molecule has 1 fully saturated rings. The first kappa shape index (κ1) is 14.9. The summed E-state index contributed by atoms with van der Waals surface area (Å²) in [5, 5.41) is 5.60. The second kappa shape index (κ2) is 7.33. The summed E-state index contributed by atoms with van der Waals surface area (Å²) in [5.41, 5.74) is 0. The molecular weight excluding hydrogens is 234 g/mol. The topological polar surface area (TPSA) is 70.7 Å². The molecule has 2 atom stereocenters. The molecule has 6 nitrogen and oxygen atoms in total. The molecule has 0 aromatic heterocycles. The van der Waals surface area contributed by atoms with Gasteiger partial charge in [-0.15, -0.1) is 0 Å². The minimum atomic E-state index is -0.152. The minimum Gasteiger partial charge on any atom is -0.383 e. The van der Waals surface area contributed by atoms with Crippen molar-refractivity contribution in [2.45, 2.75) is 6.42 Å². The van der Waals surface area contributed by atoms with Crippen LogP contribution < -0.4 is 10.6 Å². The van der Waals surface area contributed by atoms with Crippen molar-refractivity contribution in [3.63, 3.8) is 0 Å². The molecule has 2 unspecified atom stereocenters. The SMILES string of the molecule is COCCNC(=O)C1CC1C(=O)NCCN(C)C. The summed E-state index contributed by atoms with van der Waals surface area (Å²) in [4.78, 5) is 25.3. The van der Waals surface area contributed by atoms with E-state index in [-0.39, 0.29) is 23.7 Å². The Bertz CT molecular complexity index is 294. The normalized spacial score (nSPS) is 21.8. The summed E-state index contributed by atoms with van der Waals surface area (Å²) in [6, 6.07) is 0. The Hall–Kier alpha value is -1.14. The van der Waals surface area contributed by atoms with E-state index in [1.54, 1.807) is 7.11 Å². The maximum absolute atomic E-state index is 11.7. The van der Waals surface area contributed by atoms with Crippen molar-refractivity contribution in [1.29, 1.82) is 0 Å². The predicted octanol–water partition coefficient (Wildman–Crippen LogP) is -0.937. The number of carbonyl (C=O) groups is 2. The molecule has 6 heteroatoms. The van der Waals surface area contributed by atoms with E-state index in [0.717, 1.165) is 6.54 Å². The van der Waals surface area contributed by atoms with E-state index in [0.29, 0.717) is 26.1 Å². The van der Waals surface area contributed by atoms with E-state index in [2.05, 4.69) is 10.6 Å². The Kier molecular flexibility index (Phi) is 6.07. The maximum atomic E-state index is 11.7. The molecule has 0 aromatic carbocycles. The van der Waals surface area contributed by atoms with Crippen LogP contribution in [0.5, 0.6) is 0 Å². The van der Waals surface area contributed by atoms with Crippen molar-refractivity contribution in [2.75, 3.05) is 47.4 Å². The quantitative estimate of drug-likeness (QED) is 0.551. The van der Waals surface area contributed by atoms with Crippen molar-refractivity contribution in [3.05, 3.63) is 0 Å². The van der Waals surface area contributed by atoms with E-state index in [1.807, 2.05) is 19.0 Å². The Morgan fingerprint density at radius 1 is 1.17 bits per heavy atom. The van der Waals surface area contributed by atoms with Crippen LogP contribution in [0.2, 0.25) is 0 Å². The van der Waals surface area contributed by atoms with Gasteiger partial charge in [-0.05, 0) is 20.5 Å². The van der Waals surface area contributed by atoms with Crippen LogP contribution in [0, 0.1) is 11.8 Å². The number of ether oxygens (including phenoxy) is 1. The zero-order valence-corrected chi connectivity index (χ0v) is 11.4. The largest absolute Gasteiger partial charge is 0.383 e. The molecule has 1 aliphatic carbocycles. The summed E-state index contributed by atoms with van der Waals surface area (Å²) in [6.07, 6.45) is 0.659. The zero-order chi connectivity index (χ0) is 13.5. The molecule has 0 heterocycles. The average Bonchev–Trinajstić information content (AvgIpc) is 3.08. The second-order valence-corrected chi connectivity index (χ2v) is 4.83. The smallest absolute Gasteiger partial charge is 0.224 e. The standard InChI is InChI=1S/C12H23N3O3/c1-15(2)6-4-13-11(16)9-8-10(9)12(17)14-5-7-18-3/h9-10H,4-8H2,1-3H3,(H,13,16)(H,14,17). The van der Waals surface area contributed by atoms with Gasteiger partial charge in [0, 0.05) is 26.7 Å². The molecule has 2 amide bonds. The van der Waals surface area contributed by atoms with Crippen LogP contribution in [0.15, 0.2) is 0 Å². The van der Waals surface area contributed by atoms with Crippen LogP contribution in [0.25, 0.3) is 0 Å². The first-order valence-electron chi connectivity index (χ1n) is 6.25. The van der Waals surface area contributed by atoms with Crippen LogP contribution in [0.3, 0.4) is 0 Å². The van der Waals surface area contributed by atoms with E-state index >= 15 is 0 Å². The van der Waals surface area contributed by atoms with Crippen molar-refractivity contribution in [1.82, 2.24) is 15.5 Å². The Balaban J connectivity index is 2.14. The highest BCUT2D eigenvalue weighted by atomic mass is 16.5. The number of rotatable bonds is 8. The van der Waals surface area contributed by atoms with E-state index in [9.17, 15) is 9.59 Å². The van der Waals surface area contributed by atoms with Gasteiger partial charge in [0.2, 0.25) is 11.8 Å². The molecule has 0 bridgehead atoms. The highest BCUT2D eigenvalue weighted by Gasteiger charge is 2.47. The lowest BCUT2D eigenvalue weighted by Gasteiger charge is -2.10. The number of nitrogens with zero attached hydrogens (tertiary/aromatic N) is 1. The summed E-state index contributed by atoms with van der Waals surface area (Å²) >= 11 is 0. The number of amides is 2. The molecule has 0 radical (unpaired) electrons. The first-order chi connectivity index (χ1) is 8.56. The highest BCUT2D eigenvalue weighted by Crippen LogP contribution is 2.38. The molecule has 2 N–H and O–H groups in total. The molecular formula is C12H23N3O3. The van der Waals surface area contributed by atoms with Gasteiger partial charge in [-0.1, -0.05) is 0 Å². The minimum absolute atomic E-state index is 0.0104. The third kappa shape index (κ3) is 5.01. The van der Waals surface area contributed by atoms with Crippen molar-refractivity contribution in [3.8, 4) is 0 Å². The van der Waals surface area contributed by atoms with Gasteiger partial charge < -0.3 is 20.3 Å². The summed E-state index contributed by atoms with van der Waals surface area (Å²) in [5.74, 6) is -0.348. The molecule has 1 rings (SSSR count). The summed E-state index contributed by atoms with van der Waals surface area (Å²) < 4.78 is 4.84. The van der Waals surface area contributed by atoms with Crippen LogP contribution >= 0.6 is 0 Å². The highest BCUT2D eigenvalue weighted by molar-refractivity contribution is 5.92. The fourth-order valence-corrected chi connectivity index (χ4v) is 1.72. The number of methoxy groups -OCH3 is 1. The van der Waals surface area contributed by atoms with Gasteiger partial charge in [-0.25, -0.2) is 0 Å². The molecule has 18 heavy (non-hydrogen) atoms. The molecule has 0 spiro atoms. The van der Waals surface area contributed by atoms with Gasteiger partial charge in [0.1, 0.15) is 0 Å². The van der Waals surface area contributed by atoms with Gasteiger partial charge in [0.25, 0.3) is 0 Å². The third-order valence-electron chi connectivity index (χ3n) is 2.93. The number of nitrogens with one attached hydrogen (secondary N) is 2. The lowest BCUT2D eigenvalue weighted by Crippen LogP contribution is -2.34. The van der Waals surface area contributed by atoms with E-state index in [1.165, 1.54) is 0 Å². The lowest BCUT2D eigenvalue weighted by molar-refractivity contribution is -0.127. The second-order valence-electron chi connectivity index (χ2n) is 4.83. The monoisotopic (exact) mass is 257 g/mol. The molecule has 104 valence electrons. The Morgan fingerprint density at radius 3 is 2.22 bits per heavy atom. The van der Waals surface area contributed by atoms with Crippen LogP contribution in [-0.4, -0.2) is 64.2 Å². The van der Waals surface area contributed by atoms with Gasteiger partial charge in [-0.2, -0.15) is 0 Å². The first-order valence-corrected chi connectivity index (χ1v) is 6.25. The molecule has 0 saturated heterocycles. The van der Waals surface area contributed by atoms with Gasteiger partial charge in [0.15, 0.2) is 0 Å². The Morgan fingerprint density at radius 2 is 1.72 bits per heavy atom. The maximum Gasteiger partial charge on any atom is 0.224 e. The molecule has 1 aliphatic rings. The summed E-state index contributed by atoms with van der Waals surface area (Å²) in [6.45, 7) is 2.43. The molecule has 1 saturated carbocycles. The number of hydrogen-bond donors (Lipinski definition) is 2. The fraction of sp³-hybridized carbons (Fsp3) is 0.833. The zero-order valence-electron chi connectivity index (χ0n) is 11.4. The van der Waals surface area contributed by atoms with Gasteiger partial charge in [-0.3, -0.25) is 9.59 Å². The van der Waals surface area contributed by atoms with Crippen LogP contribution in [-0.2, 0) is 14.3 Å². The van der Waals surface area contributed by atoms with Crippen LogP contribution in [0.4, 0.5) is 0 Å². The van der Waals surface area contributed by atoms with Crippen molar-refractivity contribution < 1.29 is 14.3 Å². The fourth-order valence-electron chi connectivity index (χ4n) is 1.72. The average molecular weight is 257 g/mol. The molecule has 0 aromatic rings. The van der Waals surface area contributed by atoms with E-state index < -0.39 is 0 Å². The summed E-state index contributed by atoms with van der Waals surface area (Å²) in [7, 11) is 5.49.